The highest BCUT2D eigenvalue weighted by molar-refractivity contribution is 7.89. The summed E-state index contributed by atoms with van der Waals surface area (Å²) in [6.07, 6.45) is 0.0241. The van der Waals surface area contributed by atoms with Crippen molar-refractivity contribution in [1.82, 2.24) is 14.9 Å². The molecule has 2 aromatic rings. The molecule has 10 heteroatoms. The third kappa shape index (κ3) is 7.17. The molecule has 2 N–H and O–H groups in total. The van der Waals surface area contributed by atoms with Crippen LogP contribution in [0.5, 0.6) is 0 Å². The van der Waals surface area contributed by atoms with E-state index in [2.05, 4.69) is 14.9 Å². The van der Waals surface area contributed by atoms with E-state index in [4.69, 9.17) is 27.9 Å². The first-order chi connectivity index (χ1) is 14.8. The lowest BCUT2D eigenvalue weighted by molar-refractivity contribution is -0.121. The molecule has 2 aromatic carbocycles. The fourth-order valence-corrected chi connectivity index (χ4v) is 4.81. The molecule has 0 bridgehead atoms. The molecule has 0 aromatic heterocycles. The summed E-state index contributed by atoms with van der Waals surface area (Å²) in [6.45, 7) is 3.21. The third-order valence-electron chi connectivity index (χ3n) is 4.98. The van der Waals surface area contributed by atoms with Gasteiger partial charge in [0.2, 0.25) is 15.9 Å². The number of carbonyl (C=O) groups excluding carboxylic acids is 1. The van der Waals surface area contributed by atoms with Crippen molar-refractivity contribution in [3.8, 4) is 0 Å². The first-order valence-corrected chi connectivity index (χ1v) is 12.2. The average Bonchev–Trinajstić information content (AvgIpc) is 2.76. The van der Waals surface area contributed by atoms with Gasteiger partial charge in [-0.25, -0.2) is 13.1 Å². The number of amides is 1. The highest BCUT2D eigenvalue weighted by Gasteiger charge is 2.23. The van der Waals surface area contributed by atoms with Crippen LogP contribution in [-0.2, 0) is 19.6 Å². The number of nitrogens with zero attached hydrogens (tertiary/aromatic N) is 1. The van der Waals surface area contributed by atoms with Crippen LogP contribution in [0.3, 0.4) is 0 Å². The lowest BCUT2D eigenvalue weighted by atomic mass is 10.0. The molecule has 1 aliphatic rings. The molecular formula is C21H25Cl2N3O4S. The van der Waals surface area contributed by atoms with E-state index < -0.39 is 10.0 Å². The first kappa shape index (κ1) is 24.0. The minimum atomic E-state index is -3.72. The molecule has 0 radical (unpaired) electrons. The summed E-state index contributed by atoms with van der Waals surface area (Å²) in [4.78, 5) is 14.7. The number of halogens is 2. The Bertz CT molecular complexity index is 980. The van der Waals surface area contributed by atoms with Crippen LogP contribution in [0.4, 0.5) is 0 Å². The van der Waals surface area contributed by atoms with Crippen LogP contribution in [-0.4, -0.2) is 58.6 Å². The largest absolute Gasteiger partial charge is 0.379 e. The molecule has 1 fully saturated rings. The Kier molecular flexibility index (Phi) is 8.71. The summed E-state index contributed by atoms with van der Waals surface area (Å²) < 4.78 is 32.5. The van der Waals surface area contributed by atoms with Crippen LogP contribution < -0.4 is 10.0 Å². The molecular weight excluding hydrogens is 461 g/mol. The van der Waals surface area contributed by atoms with Crippen molar-refractivity contribution in [2.24, 2.45) is 0 Å². The number of nitrogens with one attached hydrogen (secondary N) is 2. The average molecular weight is 486 g/mol. The third-order valence-corrected chi connectivity index (χ3v) is 6.93. The van der Waals surface area contributed by atoms with Gasteiger partial charge in [-0.2, -0.15) is 0 Å². The van der Waals surface area contributed by atoms with Gasteiger partial charge < -0.3 is 10.1 Å². The molecule has 1 saturated heterocycles. The summed E-state index contributed by atoms with van der Waals surface area (Å²) in [5.41, 5.74) is 1.05. The Hall–Kier alpha value is -1.68. The zero-order chi connectivity index (χ0) is 22.3. The van der Waals surface area contributed by atoms with E-state index in [1.54, 1.807) is 12.1 Å². The van der Waals surface area contributed by atoms with Crippen molar-refractivity contribution in [2.45, 2.75) is 17.4 Å². The van der Waals surface area contributed by atoms with Crippen molar-refractivity contribution in [1.29, 1.82) is 0 Å². The maximum absolute atomic E-state index is 12.4. The van der Waals surface area contributed by atoms with Crippen LogP contribution in [0.1, 0.15) is 18.0 Å². The Morgan fingerprint density at radius 2 is 1.77 bits per heavy atom. The van der Waals surface area contributed by atoms with Crippen molar-refractivity contribution in [3.63, 3.8) is 0 Å². The summed E-state index contributed by atoms with van der Waals surface area (Å²) >= 11 is 11.9. The van der Waals surface area contributed by atoms with Gasteiger partial charge in [-0.3, -0.25) is 9.69 Å². The van der Waals surface area contributed by atoms with Crippen molar-refractivity contribution < 1.29 is 17.9 Å². The second kappa shape index (κ2) is 11.3. The number of sulfonamides is 1. The standard InChI is InChI=1S/C21H25Cl2N3O4S/c22-17-6-4-16(5-7-17)20(26-10-12-30-13-11-26)15-24-21(27)8-9-25-31(28,29)19-3-1-2-18(23)14-19/h1-7,14,20,25H,8-13,15H2,(H,24,27). The second-order valence-electron chi connectivity index (χ2n) is 7.12. The van der Waals surface area contributed by atoms with Crippen molar-refractivity contribution in [3.05, 3.63) is 64.1 Å². The van der Waals surface area contributed by atoms with Gasteiger partial charge in [-0.05, 0) is 35.9 Å². The Labute approximate surface area is 192 Å². The molecule has 31 heavy (non-hydrogen) atoms. The molecule has 7 nitrogen and oxygen atoms in total. The highest BCUT2D eigenvalue weighted by atomic mass is 35.5. The van der Waals surface area contributed by atoms with Gasteiger partial charge in [0.25, 0.3) is 0 Å². The number of morpholine rings is 1. The van der Waals surface area contributed by atoms with E-state index in [0.717, 1.165) is 18.7 Å². The number of hydrogen-bond acceptors (Lipinski definition) is 5. The minimum Gasteiger partial charge on any atom is -0.379 e. The quantitative estimate of drug-likeness (QED) is 0.569. The molecule has 0 spiro atoms. The fraction of sp³-hybridized carbons (Fsp3) is 0.381. The van der Waals surface area contributed by atoms with Crippen LogP contribution in [0.25, 0.3) is 0 Å². The van der Waals surface area contributed by atoms with Gasteiger partial charge in [0.1, 0.15) is 0 Å². The Morgan fingerprint density at radius 1 is 1.06 bits per heavy atom. The number of benzene rings is 2. The number of rotatable bonds is 9. The van der Waals surface area contributed by atoms with E-state index in [9.17, 15) is 13.2 Å². The summed E-state index contributed by atoms with van der Waals surface area (Å²) in [6, 6.07) is 13.5. The zero-order valence-electron chi connectivity index (χ0n) is 16.9. The molecule has 0 aliphatic carbocycles. The highest BCUT2D eigenvalue weighted by Crippen LogP contribution is 2.23. The van der Waals surface area contributed by atoms with Crippen LogP contribution >= 0.6 is 23.2 Å². The second-order valence-corrected chi connectivity index (χ2v) is 9.76. The van der Waals surface area contributed by atoms with E-state index in [1.165, 1.54) is 12.1 Å². The van der Waals surface area contributed by atoms with E-state index in [1.807, 2.05) is 24.3 Å². The molecule has 1 heterocycles. The normalized spacial score (nSPS) is 16.1. The van der Waals surface area contributed by atoms with Gasteiger partial charge in [-0.15, -0.1) is 0 Å². The molecule has 1 unspecified atom stereocenters. The van der Waals surface area contributed by atoms with E-state index >= 15 is 0 Å². The number of hydrogen-bond donors (Lipinski definition) is 2. The SMILES string of the molecule is O=C(CCNS(=O)(=O)c1cccc(Cl)c1)NCC(c1ccc(Cl)cc1)N1CCOCC1. The molecule has 1 atom stereocenters. The topological polar surface area (TPSA) is 87.7 Å². The van der Waals surface area contributed by atoms with E-state index in [0.29, 0.717) is 29.8 Å². The van der Waals surface area contributed by atoms with Crippen molar-refractivity contribution in [2.75, 3.05) is 39.4 Å². The summed E-state index contributed by atoms with van der Waals surface area (Å²) in [5, 5.41) is 3.90. The number of carbonyl (C=O) groups is 1. The first-order valence-electron chi connectivity index (χ1n) is 9.94. The monoisotopic (exact) mass is 485 g/mol. The van der Waals surface area contributed by atoms with Gasteiger partial charge in [-0.1, -0.05) is 41.4 Å². The molecule has 1 aliphatic heterocycles. The van der Waals surface area contributed by atoms with Crippen LogP contribution in [0.2, 0.25) is 10.0 Å². The predicted octanol–water partition coefficient (Wildman–Crippen LogP) is 2.85. The molecule has 3 rings (SSSR count). The molecule has 0 saturated carbocycles. The smallest absolute Gasteiger partial charge is 0.240 e. The lowest BCUT2D eigenvalue weighted by Gasteiger charge is -2.35. The zero-order valence-corrected chi connectivity index (χ0v) is 19.2. The van der Waals surface area contributed by atoms with Crippen LogP contribution in [0, 0.1) is 0 Å². The van der Waals surface area contributed by atoms with Gasteiger partial charge in [0.15, 0.2) is 0 Å². The number of ether oxygens (including phenoxy) is 1. The van der Waals surface area contributed by atoms with Gasteiger partial charge >= 0.3 is 0 Å². The Morgan fingerprint density at radius 3 is 2.45 bits per heavy atom. The Balaban J connectivity index is 1.54. The van der Waals surface area contributed by atoms with Gasteiger partial charge in [0.05, 0.1) is 24.2 Å². The molecule has 168 valence electrons. The lowest BCUT2D eigenvalue weighted by Crippen LogP contribution is -2.44. The summed E-state index contributed by atoms with van der Waals surface area (Å²) in [7, 11) is -3.72. The minimum absolute atomic E-state index is 0.0101. The van der Waals surface area contributed by atoms with Crippen molar-refractivity contribution >= 4 is 39.1 Å². The maximum Gasteiger partial charge on any atom is 0.240 e. The maximum atomic E-state index is 12.4. The molecule has 1 amide bonds. The predicted molar refractivity (Wildman–Crippen MR) is 121 cm³/mol. The van der Waals surface area contributed by atoms with E-state index in [-0.39, 0.29) is 29.8 Å². The fourth-order valence-electron chi connectivity index (χ4n) is 3.35. The summed E-state index contributed by atoms with van der Waals surface area (Å²) in [5.74, 6) is -0.235. The van der Waals surface area contributed by atoms with Crippen LogP contribution in [0.15, 0.2) is 53.4 Å². The van der Waals surface area contributed by atoms with Gasteiger partial charge in [0, 0.05) is 42.6 Å².